The van der Waals surface area contributed by atoms with E-state index in [1.165, 1.54) is 11.8 Å². The number of carboxylic acids is 1. The topological polar surface area (TPSA) is 83.9 Å². The van der Waals surface area contributed by atoms with Crippen molar-refractivity contribution in [3.63, 3.8) is 0 Å². The number of carbonyl (C=O) groups excluding carboxylic acids is 2. The number of amides is 2. The molecule has 7 heteroatoms. The fraction of sp³-hybridized carbons (Fsp3) is 0.190. The van der Waals surface area contributed by atoms with Crippen molar-refractivity contribution in [2.75, 3.05) is 4.90 Å². The van der Waals surface area contributed by atoms with E-state index in [9.17, 15) is 14.4 Å². The summed E-state index contributed by atoms with van der Waals surface area (Å²) in [5.74, 6) is -0.988. The number of imide groups is 1. The second-order valence-electron chi connectivity index (χ2n) is 6.17. The molecule has 0 saturated carbocycles. The predicted molar refractivity (Wildman–Crippen MR) is 108 cm³/mol. The molecule has 1 unspecified atom stereocenters. The number of rotatable bonds is 6. The standard InChI is InChI=1S/C21H19NO5S/c1-3-15-6-4-5-7-17(15)22-19(23)18(28-21(22)26)12-14-8-10-16(11-9-14)27-13(2)20(24)25/h4-13H,3H2,1-2H3,(H,24,25)/b18-12+. The second kappa shape index (κ2) is 8.31. The normalized spacial score (nSPS) is 16.5. The van der Waals surface area contributed by atoms with Gasteiger partial charge in [0.1, 0.15) is 5.75 Å². The van der Waals surface area contributed by atoms with E-state index < -0.39 is 12.1 Å². The van der Waals surface area contributed by atoms with Gasteiger partial charge in [-0.3, -0.25) is 9.59 Å². The minimum Gasteiger partial charge on any atom is -0.479 e. The van der Waals surface area contributed by atoms with Gasteiger partial charge in [0.15, 0.2) is 6.10 Å². The van der Waals surface area contributed by atoms with E-state index >= 15 is 0 Å². The van der Waals surface area contributed by atoms with E-state index in [1.807, 2.05) is 19.1 Å². The van der Waals surface area contributed by atoms with Crippen LogP contribution in [0.1, 0.15) is 25.0 Å². The lowest BCUT2D eigenvalue weighted by molar-refractivity contribution is -0.144. The number of aryl methyl sites for hydroxylation is 1. The van der Waals surface area contributed by atoms with E-state index in [4.69, 9.17) is 9.84 Å². The molecule has 0 aliphatic carbocycles. The van der Waals surface area contributed by atoms with Gasteiger partial charge >= 0.3 is 5.97 Å². The Morgan fingerprint density at radius 2 is 1.86 bits per heavy atom. The van der Waals surface area contributed by atoms with E-state index in [0.717, 1.165) is 17.3 Å². The van der Waals surface area contributed by atoms with Crippen LogP contribution in [0.4, 0.5) is 10.5 Å². The number of benzene rings is 2. The minimum absolute atomic E-state index is 0.326. The summed E-state index contributed by atoms with van der Waals surface area (Å²) in [6.45, 7) is 3.42. The average molecular weight is 397 g/mol. The molecule has 28 heavy (non-hydrogen) atoms. The molecule has 6 nitrogen and oxygen atoms in total. The van der Waals surface area contributed by atoms with Crippen LogP contribution in [0, 0.1) is 0 Å². The van der Waals surface area contributed by atoms with Gasteiger partial charge in [-0.1, -0.05) is 37.3 Å². The molecule has 0 spiro atoms. The van der Waals surface area contributed by atoms with Gasteiger partial charge < -0.3 is 9.84 Å². The molecule has 0 bridgehead atoms. The van der Waals surface area contributed by atoms with E-state index in [1.54, 1.807) is 42.5 Å². The highest BCUT2D eigenvalue weighted by atomic mass is 32.2. The molecule has 2 aromatic rings. The summed E-state index contributed by atoms with van der Waals surface area (Å²) >= 11 is 0.899. The van der Waals surface area contributed by atoms with Crippen molar-refractivity contribution < 1.29 is 24.2 Å². The number of nitrogens with zero attached hydrogens (tertiary/aromatic N) is 1. The summed E-state index contributed by atoms with van der Waals surface area (Å²) in [5.41, 5.74) is 2.26. The van der Waals surface area contributed by atoms with Crippen LogP contribution >= 0.6 is 11.8 Å². The van der Waals surface area contributed by atoms with Gasteiger partial charge in [0.05, 0.1) is 10.6 Å². The number of carbonyl (C=O) groups is 3. The van der Waals surface area contributed by atoms with Crippen LogP contribution in [-0.2, 0) is 16.0 Å². The quantitative estimate of drug-likeness (QED) is 0.730. The molecule has 1 atom stereocenters. The van der Waals surface area contributed by atoms with Crippen molar-refractivity contribution in [1.29, 1.82) is 0 Å². The molecule has 1 fully saturated rings. The molecule has 1 saturated heterocycles. The predicted octanol–water partition coefficient (Wildman–Crippen LogP) is 4.34. The molecule has 2 amide bonds. The molecule has 0 aromatic heterocycles. The highest BCUT2D eigenvalue weighted by Crippen LogP contribution is 2.37. The first kappa shape index (κ1) is 19.7. The fourth-order valence-electron chi connectivity index (χ4n) is 2.75. The first-order valence-corrected chi connectivity index (χ1v) is 9.57. The monoisotopic (exact) mass is 397 g/mol. The minimum atomic E-state index is -1.05. The third kappa shape index (κ3) is 4.09. The molecule has 0 radical (unpaired) electrons. The number of hydrogen-bond acceptors (Lipinski definition) is 5. The van der Waals surface area contributed by atoms with Gasteiger partial charge in [-0.2, -0.15) is 0 Å². The number of thioether (sulfide) groups is 1. The number of aliphatic carboxylic acids is 1. The van der Waals surface area contributed by atoms with Crippen LogP contribution in [0.5, 0.6) is 5.75 Å². The number of para-hydroxylation sites is 1. The molecular formula is C21H19NO5S. The van der Waals surface area contributed by atoms with Crippen LogP contribution in [0.2, 0.25) is 0 Å². The van der Waals surface area contributed by atoms with Gasteiger partial charge in [0, 0.05) is 0 Å². The van der Waals surface area contributed by atoms with Crippen molar-refractivity contribution in [2.24, 2.45) is 0 Å². The number of carboxylic acid groups (broad SMARTS) is 1. The zero-order valence-electron chi connectivity index (χ0n) is 15.4. The molecular weight excluding hydrogens is 378 g/mol. The van der Waals surface area contributed by atoms with E-state index in [2.05, 4.69) is 0 Å². The van der Waals surface area contributed by atoms with Gasteiger partial charge in [-0.05, 0) is 60.5 Å². The lowest BCUT2D eigenvalue weighted by Gasteiger charge is -2.16. The third-order valence-corrected chi connectivity index (χ3v) is 5.12. The maximum absolute atomic E-state index is 12.8. The molecule has 1 N–H and O–H groups in total. The van der Waals surface area contributed by atoms with Crippen molar-refractivity contribution in [3.8, 4) is 5.75 Å². The highest BCUT2D eigenvalue weighted by Gasteiger charge is 2.37. The lowest BCUT2D eigenvalue weighted by atomic mass is 10.1. The van der Waals surface area contributed by atoms with Crippen molar-refractivity contribution in [3.05, 3.63) is 64.6 Å². The van der Waals surface area contributed by atoms with Crippen molar-refractivity contribution >= 4 is 40.6 Å². The first-order valence-electron chi connectivity index (χ1n) is 8.76. The summed E-state index contributed by atoms with van der Waals surface area (Å²) in [6, 6.07) is 14.0. The molecule has 1 heterocycles. The Morgan fingerprint density at radius 1 is 1.18 bits per heavy atom. The van der Waals surface area contributed by atoms with Crippen molar-refractivity contribution in [1.82, 2.24) is 0 Å². The van der Waals surface area contributed by atoms with E-state index in [-0.39, 0.29) is 11.1 Å². The van der Waals surface area contributed by atoms with Crippen LogP contribution < -0.4 is 9.64 Å². The second-order valence-corrected chi connectivity index (χ2v) is 7.16. The summed E-state index contributed by atoms with van der Waals surface area (Å²) in [6.07, 6.45) is 1.40. The Kier molecular flexibility index (Phi) is 5.84. The SMILES string of the molecule is CCc1ccccc1N1C(=O)S/C(=C/c2ccc(OC(C)C(=O)O)cc2)C1=O. The largest absolute Gasteiger partial charge is 0.479 e. The zero-order chi connectivity index (χ0) is 20.3. The van der Waals surface area contributed by atoms with Crippen LogP contribution in [0.25, 0.3) is 6.08 Å². The molecule has 144 valence electrons. The highest BCUT2D eigenvalue weighted by molar-refractivity contribution is 8.19. The zero-order valence-corrected chi connectivity index (χ0v) is 16.2. The van der Waals surface area contributed by atoms with Gasteiger partial charge in [-0.15, -0.1) is 0 Å². The maximum atomic E-state index is 12.8. The summed E-state index contributed by atoms with van der Waals surface area (Å²) in [4.78, 5) is 37.6. The van der Waals surface area contributed by atoms with Crippen LogP contribution in [0.15, 0.2) is 53.4 Å². The van der Waals surface area contributed by atoms with Gasteiger partial charge in [0.25, 0.3) is 11.1 Å². The number of hydrogen-bond donors (Lipinski definition) is 1. The fourth-order valence-corrected chi connectivity index (χ4v) is 3.59. The smallest absolute Gasteiger partial charge is 0.344 e. The first-order chi connectivity index (χ1) is 13.4. The molecule has 1 aliphatic heterocycles. The Hall–Kier alpha value is -3.06. The molecule has 2 aromatic carbocycles. The van der Waals surface area contributed by atoms with Crippen LogP contribution in [-0.4, -0.2) is 28.3 Å². The summed E-state index contributed by atoms with van der Waals surface area (Å²) in [7, 11) is 0. The molecule has 1 aliphatic rings. The Bertz CT molecular complexity index is 952. The third-order valence-electron chi connectivity index (χ3n) is 4.25. The summed E-state index contributed by atoms with van der Waals surface area (Å²) in [5, 5.41) is 8.56. The lowest BCUT2D eigenvalue weighted by Crippen LogP contribution is -2.28. The van der Waals surface area contributed by atoms with Crippen molar-refractivity contribution in [2.45, 2.75) is 26.4 Å². The Morgan fingerprint density at radius 3 is 2.50 bits per heavy atom. The van der Waals surface area contributed by atoms with Gasteiger partial charge in [0.2, 0.25) is 0 Å². The summed E-state index contributed by atoms with van der Waals surface area (Å²) < 4.78 is 5.28. The average Bonchev–Trinajstić information content (AvgIpc) is 2.96. The number of anilines is 1. The molecule has 3 rings (SSSR count). The van der Waals surface area contributed by atoms with E-state index in [0.29, 0.717) is 28.3 Å². The van der Waals surface area contributed by atoms with Gasteiger partial charge in [-0.25, -0.2) is 9.69 Å². The Balaban J connectivity index is 1.81. The Labute approximate surface area is 166 Å². The maximum Gasteiger partial charge on any atom is 0.344 e. The number of ether oxygens (including phenoxy) is 1. The van der Waals surface area contributed by atoms with Crippen LogP contribution in [0.3, 0.4) is 0 Å².